The number of carbonyl (C=O) groups excluding carboxylic acids is 2. The maximum Gasteiger partial charge on any atom is 0.253 e. The second-order valence-electron chi connectivity index (χ2n) is 8.42. The van der Waals surface area contributed by atoms with Crippen molar-refractivity contribution in [1.29, 1.82) is 0 Å². The first-order valence-electron chi connectivity index (χ1n) is 13.1. The van der Waals surface area contributed by atoms with E-state index in [9.17, 15) is 18.4 Å². The van der Waals surface area contributed by atoms with E-state index in [-0.39, 0.29) is 24.3 Å². The van der Waals surface area contributed by atoms with E-state index in [1.807, 2.05) is 78.5 Å². The van der Waals surface area contributed by atoms with Crippen LogP contribution in [0.3, 0.4) is 0 Å². The van der Waals surface area contributed by atoms with Crippen LogP contribution in [0.15, 0.2) is 48.1 Å². The maximum absolute atomic E-state index is 12.1. The quantitative estimate of drug-likeness (QED) is 0.248. The van der Waals surface area contributed by atoms with Gasteiger partial charge in [0.2, 0.25) is 19.7 Å². The monoisotopic (exact) mass is 545 g/mol. The summed E-state index contributed by atoms with van der Waals surface area (Å²) in [4.78, 5) is 28.5. The van der Waals surface area contributed by atoms with Gasteiger partial charge in [0.1, 0.15) is 0 Å². The number of carbonyl (C=O) groups is 2. The first-order valence-corrected chi connectivity index (χ1v) is 14.0. The highest BCUT2D eigenvalue weighted by Crippen LogP contribution is 2.25. The van der Waals surface area contributed by atoms with Crippen LogP contribution in [-0.4, -0.2) is 41.7 Å². The summed E-state index contributed by atoms with van der Waals surface area (Å²) in [7, 11) is 1.83. The van der Waals surface area contributed by atoms with E-state index in [1.54, 1.807) is 22.9 Å². The van der Waals surface area contributed by atoms with Gasteiger partial charge in [-0.1, -0.05) is 71.1 Å². The number of nitrogens with zero attached hydrogens (tertiary/aromatic N) is 2. The number of halogens is 2. The Morgan fingerprint density at radius 2 is 1.82 bits per heavy atom. The van der Waals surface area contributed by atoms with Crippen molar-refractivity contribution in [2.45, 2.75) is 73.6 Å². The molecule has 0 aliphatic carbocycles. The predicted molar refractivity (Wildman–Crippen MR) is 155 cm³/mol. The van der Waals surface area contributed by atoms with E-state index in [4.69, 9.17) is 0 Å². The molecule has 207 valence electrons. The molecule has 2 N–H and O–H groups in total. The van der Waals surface area contributed by atoms with E-state index >= 15 is 0 Å². The van der Waals surface area contributed by atoms with Crippen LogP contribution in [0.4, 0.5) is 13.9 Å². The topological polar surface area (TPSA) is 76.0 Å². The Morgan fingerprint density at radius 1 is 1.13 bits per heavy atom. The van der Waals surface area contributed by atoms with Crippen LogP contribution in [0.2, 0.25) is 6.82 Å². The Morgan fingerprint density at radius 3 is 2.37 bits per heavy atom. The van der Waals surface area contributed by atoms with Crippen molar-refractivity contribution in [3.8, 4) is 11.3 Å². The summed E-state index contributed by atoms with van der Waals surface area (Å²) in [6, 6.07) is 9.71. The number of nitrogens with one attached hydrogen (secondary N) is 2. The zero-order valence-corrected chi connectivity index (χ0v) is 24.1. The Kier molecular flexibility index (Phi) is 15.9. The summed E-state index contributed by atoms with van der Waals surface area (Å²) in [5, 5.41) is 7.72. The van der Waals surface area contributed by atoms with Crippen molar-refractivity contribution in [2.24, 2.45) is 5.92 Å². The molecule has 2 amide bonds. The molecule has 0 fully saturated rings. The van der Waals surface area contributed by atoms with E-state index < -0.39 is 6.43 Å². The Hall–Kier alpha value is -3.01. The maximum atomic E-state index is 12.1. The molecule has 0 unspecified atom stereocenters. The standard InChI is InChI=1S/C18H18BN4O2S.C8H16F2.C2H6/c1-12-4-3-5-13(8-12)15-11-26-18(21-15)22-16(24)9-20-17(25)14-6-7-23(10-14)19-2;1-3-5-7(6-4-2)8(9)10;1-2/h3-8,10-11H,9H2,1-2H3,(H,20,25)(H,21,22,24);7-8H,3-6H2,1-2H3;1-2H3. The summed E-state index contributed by atoms with van der Waals surface area (Å²) < 4.78 is 25.9. The van der Waals surface area contributed by atoms with Crippen LogP contribution in [-0.2, 0) is 4.79 Å². The average Bonchev–Trinajstić information content (AvgIpc) is 3.59. The molecule has 6 nitrogen and oxygen atoms in total. The Bertz CT molecular complexity index is 1100. The van der Waals surface area contributed by atoms with Gasteiger partial charge in [0.05, 0.1) is 17.8 Å². The van der Waals surface area contributed by atoms with Gasteiger partial charge in [-0.05, 0) is 38.1 Å². The molecule has 0 aliphatic heterocycles. The van der Waals surface area contributed by atoms with Crippen LogP contribution in [0.5, 0.6) is 0 Å². The highest BCUT2D eigenvalue weighted by Gasteiger charge is 2.17. The minimum absolute atomic E-state index is 0.112. The van der Waals surface area contributed by atoms with Crippen molar-refractivity contribution in [2.75, 3.05) is 11.9 Å². The smallest absolute Gasteiger partial charge is 0.253 e. The number of thiazole rings is 1. The molecule has 0 spiro atoms. The normalized spacial score (nSPS) is 10.3. The van der Waals surface area contributed by atoms with Crippen LogP contribution in [0, 0.1) is 12.8 Å². The lowest BCUT2D eigenvalue weighted by Gasteiger charge is -2.12. The second kappa shape index (κ2) is 18.3. The molecule has 1 radical (unpaired) electrons. The van der Waals surface area contributed by atoms with Crippen molar-refractivity contribution in [3.63, 3.8) is 0 Å². The lowest BCUT2D eigenvalue weighted by Crippen LogP contribution is -2.32. The molecule has 2 heterocycles. The van der Waals surface area contributed by atoms with Crippen LogP contribution < -0.4 is 10.6 Å². The molecular weight excluding hydrogens is 505 g/mol. The van der Waals surface area contributed by atoms with Gasteiger partial charge < -0.3 is 15.1 Å². The second-order valence-corrected chi connectivity index (χ2v) is 9.27. The third-order valence-corrected chi connectivity index (χ3v) is 6.18. The number of amides is 2. The SMILES string of the molecule is CC.CCCC(CCC)C(F)F.C[B]n1ccc(C(=O)NCC(=O)Nc2nc(-c3cccc(C)c3)cs2)c1. The summed E-state index contributed by atoms with van der Waals surface area (Å²) in [5.41, 5.74) is 3.48. The molecule has 2 aromatic heterocycles. The number of hydrogen-bond donors (Lipinski definition) is 2. The third-order valence-electron chi connectivity index (χ3n) is 5.42. The van der Waals surface area contributed by atoms with Crippen molar-refractivity contribution >= 4 is 35.7 Å². The molecule has 0 saturated carbocycles. The largest absolute Gasteiger partial charge is 0.402 e. The predicted octanol–water partition coefficient (Wildman–Crippen LogP) is 7.30. The number of alkyl halides is 2. The van der Waals surface area contributed by atoms with Crippen LogP contribution in [0.25, 0.3) is 11.3 Å². The molecule has 38 heavy (non-hydrogen) atoms. The number of rotatable bonds is 11. The van der Waals surface area contributed by atoms with Gasteiger partial charge in [-0.25, -0.2) is 13.8 Å². The summed E-state index contributed by atoms with van der Waals surface area (Å²) in [6.45, 7) is 11.7. The van der Waals surface area contributed by atoms with Gasteiger partial charge in [0.25, 0.3) is 5.91 Å². The van der Waals surface area contributed by atoms with Crippen molar-refractivity contribution in [3.05, 3.63) is 59.2 Å². The first-order chi connectivity index (χ1) is 18.3. The van der Waals surface area contributed by atoms with Crippen LogP contribution >= 0.6 is 11.3 Å². The lowest BCUT2D eigenvalue weighted by molar-refractivity contribution is -0.115. The Balaban J connectivity index is 0.000000510. The number of anilines is 1. The minimum atomic E-state index is -2.11. The van der Waals surface area contributed by atoms with Gasteiger partial charge in [0, 0.05) is 23.1 Å². The highest BCUT2D eigenvalue weighted by molar-refractivity contribution is 7.14. The molecular formula is C28H40BF2N4O2S. The van der Waals surface area contributed by atoms with Crippen LogP contribution in [0.1, 0.15) is 69.3 Å². The number of aryl methyl sites for hydroxylation is 1. The average molecular weight is 546 g/mol. The number of benzene rings is 1. The molecule has 3 aromatic rings. The summed E-state index contributed by atoms with van der Waals surface area (Å²) in [5.74, 6) is -0.958. The van der Waals surface area contributed by atoms with E-state index in [1.165, 1.54) is 11.3 Å². The minimum Gasteiger partial charge on any atom is -0.402 e. The molecule has 3 rings (SSSR count). The first kappa shape index (κ1) is 33.0. The molecule has 10 heteroatoms. The van der Waals surface area contributed by atoms with Gasteiger partial charge >= 0.3 is 0 Å². The highest BCUT2D eigenvalue weighted by atomic mass is 32.1. The zero-order chi connectivity index (χ0) is 28.5. The molecule has 0 saturated heterocycles. The van der Waals surface area contributed by atoms with Gasteiger partial charge in [-0.15, -0.1) is 11.3 Å². The molecule has 0 aliphatic rings. The fraction of sp³-hybridized carbons (Fsp3) is 0.464. The fourth-order valence-electron chi connectivity index (χ4n) is 3.54. The third kappa shape index (κ3) is 11.6. The zero-order valence-electron chi connectivity index (χ0n) is 23.3. The summed E-state index contributed by atoms with van der Waals surface area (Å²) >= 11 is 1.35. The molecule has 0 bridgehead atoms. The Labute approximate surface area is 230 Å². The van der Waals surface area contributed by atoms with E-state index in [2.05, 4.69) is 15.6 Å². The fourth-order valence-corrected chi connectivity index (χ4v) is 4.28. The number of hydrogen-bond acceptors (Lipinski definition) is 4. The lowest BCUT2D eigenvalue weighted by atomic mass is 9.99. The summed E-state index contributed by atoms with van der Waals surface area (Å²) in [6.07, 6.45) is 4.44. The van der Waals surface area contributed by atoms with Gasteiger partial charge in [-0.3, -0.25) is 9.59 Å². The van der Waals surface area contributed by atoms with E-state index in [0.29, 0.717) is 23.5 Å². The van der Waals surface area contributed by atoms with Crippen molar-refractivity contribution < 1.29 is 18.4 Å². The molecule has 0 atom stereocenters. The van der Waals surface area contributed by atoms with Gasteiger partial charge in [-0.2, -0.15) is 0 Å². The van der Waals surface area contributed by atoms with E-state index in [0.717, 1.165) is 29.7 Å². The van der Waals surface area contributed by atoms with Gasteiger partial charge in [0.15, 0.2) is 5.13 Å². The molecule has 1 aromatic carbocycles. The number of aromatic nitrogens is 2. The van der Waals surface area contributed by atoms with Crippen molar-refractivity contribution in [1.82, 2.24) is 14.8 Å².